The average Bonchev–Trinajstić information content (AvgIpc) is 3.31. The van der Waals surface area contributed by atoms with E-state index in [-0.39, 0.29) is 11.2 Å². The summed E-state index contributed by atoms with van der Waals surface area (Å²) >= 11 is 0. The van der Waals surface area contributed by atoms with Gasteiger partial charge in [0.2, 0.25) is 5.78 Å². The number of hydrogen-bond donors (Lipinski definition) is 0. The molecule has 0 aliphatic rings. The molecule has 0 aromatic carbocycles. The maximum Gasteiger partial charge on any atom is 0.332 e. The van der Waals surface area contributed by atoms with Gasteiger partial charge < -0.3 is 8.98 Å². The molecule has 0 N–H and O–H groups in total. The van der Waals surface area contributed by atoms with Crippen molar-refractivity contribution >= 4 is 16.9 Å². The molecule has 0 bridgehead atoms. The molecule has 0 amide bonds. The van der Waals surface area contributed by atoms with Crippen molar-refractivity contribution in [2.75, 3.05) is 0 Å². The minimum Gasteiger partial charge on any atom is -0.467 e. The van der Waals surface area contributed by atoms with Crippen molar-refractivity contribution in [1.82, 2.24) is 23.1 Å². The highest BCUT2D eigenvalue weighted by Crippen LogP contribution is 2.21. The summed E-state index contributed by atoms with van der Waals surface area (Å²) < 4.78 is 12.1. The third-order valence-corrected chi connectivity index (χ3v) is 4.97. The number of furan rings is 1. The summed E-state index contributed by atoms with van der Waals surface area (Å²) in [6.45, 7) is 6.79. The van der Waals surface area contributed by atoms with Crippen LogP contribution in [0.4, 0.5) is 0 Å². The van der Waals surface area contributed by atoms with Crippen molar-refractivity contribution in [2.45, 2.75) is 40.3 Å². The SMILES string of the molecule is CCCn1c(=O)c2c(nc3n(Cc4ccco4)c(C)c(C)n23)n(C)c1=O. The smallest absolute Gasteiger partial charge is 0.332 e. The summed E-state index contributed by atoms with van der Waals surface area (Å²) in [5, 5.41) is 0. The van der Waals surface area contributed by atoms with Gasteiger partial charge in [-0.15, -0.1) is 0 Å². The van der Waals surface area contributed by atoms with Crippen molar-refractivity contribution < 1.29 is 4.42 Å². The first-order chi connectivity index (χ1) is 12.5. The Morgan fingerprint density at radius 3 is 2.58 bits per heavy atom. The van der Waals surface area contributed by atoms with Crippen LogP contribution in [0.1, 0.15) is 30.5 Å². The highest BCUT2D eigenvalue weighted by atomic mass is 16.3. The zero-order valence-corrected chi connectivity index (χ0v) is 15.3. The molecule has 8 nitrogen and oxygen atoms in total. The lowest BCUT2D eigenvalue weighted by Gasteiger charge is -2.07. The molecule has 0 fully saturated rings. The van der Waals surface area contributed by atoms with Crippen LogP contribution in [0.15, 0.2) is 32.4 Å². The van der Waals surface area contributed by atoms with Gasteiger partial charge in [-0.1, -0.05) is 6.92 Å². The van der Waals surface area contributed by atoms with Crippen LogP contribution in [-0.4, -0.2) is 23.1 Å². The molecule has 0 spiro atoms. The van der Waals surface area contributed by atoms with Crippen LogP contribution < -0.4 is 11.2 Å². The maximum atomic E-state index is 13.0. The Morgan fingerprint density at radius 2 is 1.92 bits per heavy atom. The van der Waals surface area contributed by atoms with Gasteiger partial charge >= 0.3 is 5.69 Å². The second-order valence-corrected chi connectivity index (χ2v) is 6.55. The summed E-state index contributed by atoms with van der Waals surface area (Å²) in [6.07, 6.45) is 2.34. The Kier molecular flexibility index (Phi) is 3.64. The van der Waals surface area contributed by atoms with E-state index in [1.165, 1.54) is 9.13 Å². The molecule has 136 valence electrons. The molecular weight excluding hydrogens is 334 g/mol. The number of nitrogens with zero attached hydrogens (tertiary/aromatic N) is 5. The molecule has 4 aromatic heterocycles. The second kappa shape index (κ2) is 5.76. The normalized spacial score (nSPS) is 11.8. The Balaban J connectivity index is 2.11. The Labute approximate surface area is 148 Å². The largest absolute Gasteiger partial charge is 0.467 e. The van der Waals surface area contributed by atoms with Crippen molar-refractivity contribution in [2.24, 2.45) is 7.05 Å². The second-order valence-electron chi connectivity index (χ2n) is 6.55. The van der Waals surface area contributed by atoms with Crippen LogP contribution in [0.3, 0.4) is 0 Å². The summed E-state index contributed by atoms with van der Waals surface area (Å²) in [6, 6.07) is 3.74. The number of rotatable bonds is 4. The Bertz CT molecular complexity index is 1230. The summed E-state index contributed by atoms with van der Waals surface area (Å²) in [7, 11) is 1.65. The Hall–Kier alpha value is -3.03. The lowest BCUT2D eigenvalue weighted by Crippen LogP contribution is -2.39. The highest BCUT2D eigenvalue weighted by molar-refractivity contribution is 5.76. The lowest BCUT2D eigenvalue weighted by atomic mass is 10.3. The molecule has 4 heterocycles. The van der Waals surface area contributed by atoms with E-state index in [0.717, 1.165) is 17.1 Å². The van der Waals surface area contributed by atoms with Gasteiger partial charge in [-0.25, -0.2) is 4.79 Å². The van der Waals surface area contributed by atoms with E-state index in [1.807, 2.05) is 41.9 Å². The molecule has 8 heteroatoms. The molecule has 0 saturated carbocycles. The lowest BCUT2D eigenvalue weighted by molar-refractivity contribution is 0.494. The van der Waals surface area contributed by atoms with E-state index in [2.05, 4.69) is 4.98 Å². The topological polar surface area (TPSA) is 79.4 Å². The fraction of sp³-hybridized carbons (Fsp3) is 0.389. The van der Waals surface area contributed by atoms with Crippen LogP contribution >= 0.6 is 0 Å². The standard InChI is InChI=1S/C18H21N5O3/c1-5-8-21-16(24)14-15(20(4)18(21)25)19-17-22(10-13-7-6-9-26-13)11(2)12(3)23(14)17/h6-7,9H,5,8,10H2,1-4H3. The minimum absolute atomic E-state index is 0.296. The average molecular weight is 355 g/mol. The van der Waals surface area contributed by atoms with E-state index in [4.69, 9.17) is 4.42 Å². The summed E-state index contributed by atoms with van der Waals surface area (Å²) in [5.74, 6) is 1.43. The predicted molar refractivity (Wildman–Crippen MR) is 97.8 cm³/mol. The summed E-state index contributed by atoms with van der Waals surface area (Å²) in [4.78, 5) is 30.2. The minimum atomic E-state index is -0.336. The maximum absolute atomic E-state index is 13.0. The van der Waals surface area contributed by atoms with E-state index < -0.39 is 0 Å². The first-order valence-corrected chi connectivity index (χ1v) is 8.65. The highest BCUT2D eigenvalue weighted by Gasteiger charge is 2.22. The quantitative estimate of drug-likeness (QED) is 0.559. The number of aromatic nitrogens is 5. The molecule has 4 rings (SSSR count). The van der Waals surface area contributed by atoms with Crippen molar-refractivity contribution in [3.05, 3.63) is 56.4 Å². The van der Waals surface area contributed by atoms with E-state index in [9.17, 15) is 9.59 Å². The molecular formula is C18H21N5O3. The molecule has 0 saturated heterocycles. The number of aryl methyl sites for hydroxylation is 2. The van der Waals surface area contributed by atoms with Gasteiger partial charge in [-0.05, 0) is 32.4 Å². The molecule has 0 aliphatic heterocycles. The monoisotopic (exact) mass is 355 g/mol. The molecule has 26 heavy (non-hydrogen) atoms. The van der Waals surface area contributed by atoms with Crippen molar-refractivity contribution in [3.8, 4) is 0 Å². The summed E-state index contributed by atoms with van der Waals surface area (Å²) in [5.41, 5.74) is 2.13. The van der Waals surface area contributed by atoms with Crippen molar-refractivity contribution in [1.29, 1.82) is 0 Å². The molecule has 4 aromatic rings. The van der Waals surface area contributed by atoms with Gasteiger partial charge in [0, 0.05) is 25.0 Å². The molecule has 0 aliphatic carbocycles. The third-order valence-electron chi connectivity index (χ3n) is 4.97. The number of hydrogen-bond acceptors (Lipinski definition) is 4. The van der Waals surface area contributed by atoms with Crippen LogP contribution in [0.25, 0.3) is 16.9 Å². The Morgan fingerprint density at radius 1 is 1.15 bits per heavy atom. The van der Waals surface area contributed by atoms with Gasteiger partial charge in [0.25, 0.3) is 5.56 Å². The van der Waals surface area contributed by atoms with E-state index in [0.29, 0.717) is 36.5 Å². The fourth-order valence-electron chi connectivity index (χ4n) is 3.48. The fourth-order valence-corrected chi connectivity index (χ4v) is 3.48. The van der Waals surface area contributed by atoms with Crippen LogP contribution in [0, 0.1) is 13.8 Å². The first-order valence-electron chi connectivity index (χ1n) is 8.65. The van der Waals surface area contributed by atoms with Crippen LogP contribution in [0.2, 0.25) is 0 Å². The van der Waals surface area contributed by atoms with Gasteiger partial charge in [0.05, 0.1) is 12.8 Å². The zero-order chi connectivity index (χ0) is 18.6. The van der Waals surface area contributed by atoms with Crippen LogP contribution in [0.5, 0.6) is 0 Å². The van der Waals surface area contributed by atoms with Crippen LogP contribution in [-0.2, 0) is 20.1 Å². The van der Waals surface area contributed by atoms with Gasteiger partial charge in [-0.2, -0.15) is 4.98 Å². The number of imidazole rings is 2. The van der Waals surface area contributed by atoms with Gasteiger partial charge in [0.1, 0.15) is 5.76 Å². The number of fused-ring (bicyclic) bond motifs is 3. The van der Waals surface area contributed by atoms with Crippen molar-refractivity contribution in [3.63, 3.8) is 0 Å². The molecule has 0 atom stereocenters. The predicted octanol–water partition coefficient (Wildman–Crippen LogP) is 1.82. The van der Waals surface area contributed by atoms with Gasteiger partial charge in [-0.3, -0.25) is 18.3 Å². The first kappa shape index (κ1) is 16.4. The third kappa shape index (κ3) is 2.11. The van der Waals surface area contributed by atoms with E-state index in [1.54, 1.807) is 13.3 Å². The molecule has 0 unspecified atom stereocenters. The zero-order valence-electron chi connectivity index (χ0n) is 15.3. The molecule has 0 radical (unpaired) electrons. The van der Waals surface area contributed by atoms with E-state index >= 15 is 0 Å². The van der Waals surface area contributed by atoms with Gasteiger partial charge in [0.15, 0.2) is 11.2 Å².